The molecule has 2 aliphatic rings. The molecule has 2 aliphatic carbocycles. The minimum atomic E-state index is -1.11. The molecule has 80 valence electrons. The first-order valence-corrected chi connectivity index (χ1v) is 4.81. The van der Waals surface area contributed by atoms with Crippen molar-refractivity contribution in [3.63, 3.8) is 0 Å². The molecule has 0 heterocycles. The van der Waals surface area contributed by atoms with Crippen molar-refractivity contribution >= 4 is 11.6 Å². The number of carbonyl (C=O) groups excluding carboxylic acids is 2. The topological polar surface area (TPSA) is 74.6 Å². The lowest BCUT2D eigenvalue weighted by Gasteiger charge is -2.34. The molecule has 2 N–H and O–H groups in total. The fourth-order valence-electron chi connectivity index (χ4n) is 2.14. The van der Waals surface area contributed by atoms with Crippen molar-refractivity contribution in [1.82, 2.24) is 0 Å². The van der Waals surface area contributed by atoms with Crippen LogP contribution in [0.1, 0.15) is 19.8 Å². The molecule has 0 aromatic rings. The molecule has 15 heavy (non-hydrogen) atoms. The van der Waals surface area contributed by atoms with Crippen molar-refractivity contribution in [2.45, 2.75) is 31.5 Å². The van der Waals surface area contributed by atoms with Crippen LogP contribution in [0.4, 0.5) is 0 Å². The summed E-state index contributed by atoms with van der Waals surface area (Å²) in [6.45, 7) is 1.55. The van der Waals surface area contributed by atoms with Gasteiger partial charge in [0, 0.05) is 24.0 Å². The average molecular weight is 208 g/mol. The molecule has 0 saturated heterocycles. The SMILES string of the molecule is C[C@]1(O)CC2=C(C(=O)C=CC2=O)[C@@H](O)C1. The highest BCUT2D eigenvalue weighted by atomic mass is 16.3. The third-order valence-electron chi connectivity index (χ3n) is 2.80. The molecular formula is C11H12O4. The van der Waals surface area contributed by atoms with Crippen LogP contribution >= 0.6 is 0 Å². The van der Waals surface area contributed by atoms with Crippen molar-refractivity contribution < 1.29 is 19.8 Å². The highest BCUT2D eigenvalue weighted by molar-refractivity contribution is 6.20. The van der Waals surface area contributed by atoms with E-state index in [4.69, 9.17) is 0 Å². The van der Waals surface area contributed by atoms with Gasteiger partial charge < -0.3 is 10.2 Å². The van der Waals surface area contributed by atoms with Gasteiger partial charge in [0.25, 0.3) is 0 Å². The van der Waals surface area contributed by atoms with Crippen LogP contribution in [0.5, 0.6) is 0 Å². The predicted molar refractivity (Wildman–Crippen MR) is 52.0 cm³/mol. The zero-order valence-electron chi connectivity index (χ0n) is 8.36. The van der Waals surface area contributed by atoms with Crippen molar-refractivity contribution in [2.75, 3.05) is 0 Å². The Morgan fingerprint density at radius 3 is 2.60 bits per heavy atom. The monoisotopic (exact) mass is 208 g/mol. The molecule has 0 unspecified atom stereocenters. The molecule has 0 aliphatic heterocycles. The van der Waals surface area contributed by atoms with Crippen molar-refractivity contribution in [1.29, 1.82) is 0 Å². The van der Waals surface area contributed by atoms with Gasteiger partial charge in [-0.1, -0.05) is 0 Å². The van der Waals surface area contributed by atoms with Crippen LogP contribution in [0.3, 0.4) is 0 Å². The Morgan fingerprint density at radius 2 is 1.93 bits per heavy atom. The van der Waals surface area contributed by atoms with Crippen LogP contribution in [0.2, 0.25) is 0 Å². The fraction of sp³-hybridized carbons (Fsp3) is 0.455. The van der Waals surface area contributed by atoms with Gasteiger partial charge in [0.1, 0.15) is 0 Å². The summed E-state index contributed by atoms with van der Waals surface area (Å²) in [5.41, 5.74) is -0.695. The standard InChI is InChI=1S/C11H12O4/c1-11(15)4-6-7(12)2-3-8(13)10(6)9(14)5-11/h2-3,9,14-15H,4-5H2,1H3/t9-,11-/m0/s1. The van der Waals surface area contributed by atoms with E-state index in [9.17, 15) is 19.8 Å². The number of carbonyl (C=O) groups is 2. The molecule has 0 bridgehead atoms. The Morgan fingerprint density at radius 1 is 1.33 bits per heavy atom. The van der Waals surface area contributed by atoms with E-state index in [-0.39, 0.29) is 35.6 Å². The van der Waals surface area contributed by atoms with Crippen molar-refractivity contribution in [2.24, 2.45) is 0 Å². The Hall–Kier alpha value is -1.26. The summed E-state index contributed by atoms with van der Waals surface area (Å²) in [6.07, 6.45) is 1.55. The number of hydrogen-bond donors (Lipinski definition) is 2. The molecule has 0 aromatic carbocycles. The summed E-state index contributed by atoms with van der Waals surface area (Å²) in [4.78, 5) is 22.9. The summed E-state index contributed by atoms with van der Waals surface area (Å²) < 4.78 is 0. The van der Waals surface area contributed by atoms with E-state index in [0.29, 0.717) is 0 Å². The Balaban J connectivity index is 2.48. The van der Waals surface area contributed by atoms with E-state index < -0.39 is 11.7 Å². The van der Waals surface area contributed by atoms with Crippen LogP contribution in [0.25, 0.3) is 0 Å². The number of rotatable bonds is 0. The third-order valence-corrected chi connectivity index (χ3v) is 2.80. The van der Waals surface area contributed by atoms with Gasteiger partial charge in [-0.3, -0.25) is 9.59 Å². The van der Waals surface area contributed by atoms with Crippen LogP contribution in [-0.2, 0) is 9.59 Å². The Bertz CT molecular complexity index is 401. The number of allylic oxidation sites excluding steroid dienone is 2. The highest BCUT2D eigenvalue weighted by Gasteiger charge is 2.39. The molecular weight excluding hydrogens is 196 g/mol. The van der Waals surface area contributed by atoms with Gasteiger partial charge in [-0.2, -0.15) is 0 Å². The van der Waals surface area contributed by atoms with E-state index in [1.165, 1.54) is 12.2 Å². The molecule has 0 spiro atoms. The lowest BCUT2D eigenvalue weighted by Crippen LogP contribution is -2.40. The zero-order chi connectivity index (χ0) is 11.2. The Labute approximate surface area is 86.9 Å². The van der Waals surface area contributed by atoms with Crippen LogP contribution < -0.4 is 0 Å². The summed E-state index contributed by atoms with van der Waals surface area (Å²) in [7, 11) is 0. The minimum Gasteiger partial charge on any atom is -0.390 e. The van der Waals surface area contributed by atoms with Crippen molar-refractivity contribution in [3.05, 3.63) is 23.3 Å². The molecule has 0 amide bonds. The van der Waals surface area contributed by atoms with E-state index in [2.05, 4.69) is 0 Å². The lowest BCUT2D eigenvalue weighted by molar-refractivity contribution is -0.118. The van der Waals surface area contributed by atoms with Gasteiger partial charge in [-0.25, -0.2) is 0 Å². The maximum atomic E-state index is 11.5. The third kappa shape index (κ3) is 1.66. The zero-order valence-corrected chi connectivity index (χ0v) is 8.36. The fourth-order valence-corrected chi connectivity index (χ4v) is 2.14. The highest BCUT2D eigenvalue weighted by Crippen LogP contribution is 2.35. The van der Waals surface area contributed by atoms with Crippen LogP contribution in [0, 0.1) is 0 Å². The van der Waals surface area contributed by atoms with Crippen LogP contribution in [0.15, 0.2) is 23.3 Å². The summed E-state index contributed by atoms with van der Waals surface area (Å²) >= 11 is 0. The molecule has 0 radical (unpaired) electrons. The van der Waals surface area contributed by atoms with Crippen LogP contribution in [-0.4, -0.2) is 33.5 Å². The predicted octanol–water partition coefficient (Wildman–Crippen LogP) is -0.103. The number of aliphatic hydroxyl groups excluding tert-OH is 1. The molecule has 2 rings (SSSR count). The smallest absolute Gasteiger partial charge is 0.184 e. The molecule has 4 heteroatoms. The second-order valence-corrected chi connectivity index (χ2v) is 4.35. The minimum absolute atomic E-state index is 0.0959. The maximum absolute atomic E-state index is 11.5. The van der Waals surface area contributed by atoms with Gasteiger partial charge in [0.15, 0.2) is 11.6 Å². The first-order valence-electron chi connectivity index (χ1n) is 4.81. The second-order valence-electron chi connectivity index (χ2n) is 4.35. The number of hydrogen-bond acceptors (Lipinski definition) is 4. The van der Waals surface area contributed by atoms with E-state index in [0.717, 1.165) is 0 Å². The average Bonchev–Trinajstić information content (AvgIpc) is 2.09. The van der Waals surface area contributed by atoms with Gasteiger partial charge in [0.05, 0.1) is 11.7 Å². The number of ketones is 2. The van der Waals surface area contributed by atoms with Gasteiger partial charge in [-0.05, 0) is 19.1 Å². The molecule has 2 atom stereocenters. The van der Waals surface area contributed by atoms with Gasteiger partial charge >= 0.3 is 0 Å². The van der Waals surface area contributed by atoms with Crippen molar-refractivity contribution in [3.8, 4) is 0 Å². The largest absolute Gasteiger partial charge is 0.390 e. The normalized spacial score (nSPS) is 35.8. The molecule has 4 nitrogen and oxygen atoms in total. The summed E-state index contributed by atoms with van der Waals surface area (Å²) in [5.74, 6) is -0.615. The summed E-state index contributed by atoms with van der Waals surface area (Å²) in [5, 5.41) is 19.5. The first-order chi connectivity index (χ1) is 6.91. The summed E-state index contributed by atoms with van der Waals surface area (Å²) in [6, 6.07) is 0. The Kier molecular flexibility index (Phi) is 2.13. The maximum Gasteiger partial charge on any atom is 0.184 e. The van der Waals surface area contributed by atoms with Gasteiger partial charge in [0.2, 0.25) is 0 Å². The first kappa shape index (κ1) is 10.3. The quantitative estimate of drug-likeness (QED) is 0.545. The van der Waals surface area contributed by atoms with E-state index >= 15 is 0 Å². The van der Waals surface area contributed by atoms with E-state index in [1.54, 1.807) is 6.92 Å². The second kappa shape index (κ2) is 3.12. The lowest BCUT2D eigenvalue weighted by atomic mass is 9.75. The van der Waals surface area contributed by atoms with Gasteiger partial charge in [-0.15, -0.1) is 0 Å². The molecule has 0 fully saturated rings. The van der Waals surface area contributed by atoms with E-state index in [1.807, 2.05) is 0 Å². The number of aliphatic hydroxyl groups is 2. The molecule has 0 aromatic heterocycles. The molecule has 0 saturated carbocycles.